The van der Waals surface area contributed by atoms with Gasteiger partial charge in [0.15, 0.2) is 11.7 Å². The number of hydrogen-bond acceptors (Lipinski definition) is 7. The number of nitrogens with two attached hydrogens (primary N) is 1. The van der Waals surface area contributed by atoms with E-state index in [-0.39, 0.29) is 6.04 Å². The summed E-state index contributed by atoms with van der Waals surface area (Å²) in [6.07, 6.45) is 8.17. The molecule has 1 fully saturated rings. The van der Waals surface area contributed by atoms with Gasteiger partial charge in [0.25, 0.3) is 0 Å². The molecule has 2 aliphatic rings. The molecule has 0 aromatic carbocycles. The van der Waals surface area contributed by atoms with Gasteiger partial charge in [0.1, 0.15) is 22.2 Å². The highest BCUT2D eigenvalue weighted by atomic mass is 32.1. The van der Waals surface area contributed by atoms with Crippen LogP contribution in [0.3, 0.4) is 0 Å². The van der Waals surface area contributed by atoms with Gasteiger partial charge < -0.3 is 10.6 Å². The van der Waals surface area contributed by atoms with Crippen LogP contribution in [0.2, 0.25) is 0 Å². The topological polar surface area (TPSA) is 114 Å². The van der Waals surface area contributed by atoms with Crippen LogP contribution in [0.25, 0.3) is 22.1 Å². The van der Waals surface area contributed by atoms with Gasteiger partial charge in [-0.25, -0.2) is 9.98 Å². The average Bonchev–Trinajstić information content (AvgIpc) is 3.52. The quantitative estimate of drug-likeness (QED) is 0.586. The molecular formula is C23H29N9S. The van der Waals surface area contributed by atoms with E-state index in [0.29, 0.717) is 17.2 Å². The highest BCUT2D eigenvalue weighted by Crippen LogP contribution is 2.48. The predicted molar refractivity (Wildman–Crippen MR) is 131 cm³/mol. The predicted octanol–water partition coefficient (Wildman–Crippen LogP) is 4.21. The van der Waals surface area contributed by atoms with Crippen molar-refractivity contribution in [2.75, 3.05) is 0 Å². The van der Waals surface area contributed by atoms with E-state index in [1.54, 1.807) is 29.9 Å². The molecule has 4 heterocycles. The number of thiazole rings is 1. The summed E-state index contributed by atoms with van der Waals surface area (Å²) in [4.78, 5) is 11.9. The Hall–Kier alpha value is -3.27. The van der Waals surface area contributed by atoms with E-state index >= 15 is 0 Å². The van der Waals surface area contributed by atoms with Crippen molar-refractivity contribution in [3.63, 3.8) is 0 Å². The Bertz CT molecular complexity index is 1240. The number of hydrogen-bond donors (Lipinski definition) is 2. The molecule has 9 nitrogen and oxygen atoms in total. The number of H-pyrrole nitrogens is 1. The summed E-state index contributed by atoms with van der Waals surface area (Å²) in [5.41, 5.74) is 9.53. The minimum Gasteiger partial charge on any atom is -0.403 e. The zero-order valence-electron chi connectivity index (χ0n) is 19.4. The molecule has 0 amide bonds. The molecule has 0 bridgehead atoms. The molecule has 0 spiro atoms. The molecule has 1 atom stereocenters. The average molecular weight is 464 g/mol. The van der Waals surface area contributed by atoms with Crippen molar-refractivity contribution in [2.45, 2.75) is 59.0 Å². The van der Waals surface area contributed by atoms with Gasteiger partial charge in [0, 0.05) is 29.4 Å². The van der Waals surface area contributed by atoms with Crippen LogP contribution in [-0.2, 0) is 0 Å². The first-order chi connectivity index (χ1) is 15.8. The molecule has 3 aromatic heterocycles. The molecule has 33 heavy (non-hydrogen) atoms. The van der Waals surface area contributed by atoms with Crippen molar-refractivity contribution < 1.29 is 0 Å². The summed E-state index contributed by atoms with van der Waals surface area (Å²) in [6.45, 7) is 13.0. The van der Waals surface area contributed by atoms with Crippen molar-refractivity contribution in [3.05, 3.63) is 47.8 Å². The summed E-state index contributed by atoms with van der Waals surface area (Å²) in [5.74, 6) is 2.50. The van der Waals surface area contributed by atoms with Gasteiger partial charge in [0.2, 0.25) is 0 Å². The third-order valence-corrected chi connectivity index (χ3v) is 7.34. The van der Waals surface area contributed by atoms with Crippen LogP contribution < -0.4 is 5.73 Å². The van der Waals surface area contributed by atoms with E-state index in [0.717, 1.165) is 58.7 Å². The number of aliphatic imine (C=N–C) groups is 1. The van der Waals surface area contributed by atoms with Crippen molar-refractivity contribution in [3.8, 4) is 10.7 Å². The third kappa shape index (κ3) is 3.49. The first kappa shape index (κ1) is 21.6. The van der Waals surface area contributed by atoms with Crippen molar-refractivity contribution in [1.82, 2.24) is 34.8 Å². The van der Waals surface area contributed by atoms with E-state index in [1.807, 2.05) is 16.9 Å². The minimum atomic E-state index is 0.0605. The summed E-state index contributed by atoms with van der Waals surface area (Å²) < 4.78 is 2.03. The Morgan fingerprint density at radius 1 is 1.39 bits per heavy atom. The van der Waals surface area contributed by atoms with Crippen molar-refractivity contribution >= 4 is 28.6 Å². The van der Waals surface area contributed by atoms with E-state index < -0.39 is 0 Å². The lowest BCUT2D eigenvalue weighted by Crippen LogP contribution is -2.55. The van der Waals surface area contributed by atoms with Gasteiger partial charge in [-0.2, -0.15) is 5.10 Å². The van der Waals surface area contributed by atoms with Crippen LogP contribution in [-0.4, -0.2) is 46.7 Å². The van der Waals surface area contributed by atoms with Crippen LogP contribution in [0.1, 0.15) is 63.3 Å². The number of aromatic amines is 1. The monoisotopic (exact) mass is 463 g/mol. The van der Waals surface area contributed by atoms with Crippen LogP contribution in [0.4, 0.5) is 0 Å². The number of aromatic nitrogens is 6. The fourth-order valence-corrected chi connectivity index (χ4v) is 5.73. The highest BCUT2D eigenvalue weighted by molar-refractivity contribution is 7.13. The van der Waals surface area contributed by atoms with Gasteiger partial charge in [-0.15, -0.1) is 21.5 Å². The van der Waals surface area contributed by atoms with Crippen LogP contribution in [0.5, 0.6) is 0 Å². The molecule has 1 aliphatic carbocycles. The molecular weight excluding hydrogens is 434 g/mol. The van der Waals surface area contributed by atoms with E-state index in [2.05, 4.69) is 57.6 Å². The zero-order valence-corrected chi connectivity index (χ0v) is 20.2. The maximum atomic E-state index is 6.20. The first-order valence-electron chi connectivity index (χ1n) is 11.2. The van der Waals surface area contributed by atoms with Crippen LogP contribution >= 0.6 is 11.3 Å². The second kappa shape index (κ2) is 7.95. The van der Waals surface area contributed by atoms with Crippen molar-refractivity contribution in [2.24, 2.45) is 16.1 Å². The smallest absolute Gasteiger partial charge is 0.160 e. The maximum Gasteiger partial charge on any atom is 0.160 e. The molecule has 0 radical (unpaired) electrons. The minimum absolute atomic E-state index is 0.0605. The lowest BCUT2D eigenvalue weighted by Gasteiger charge is -2.53. The first-order valence-corrected chi connectivity index (χ1v) is 12.1. The molecule has 3 N–H and O–H groups in total. The van der Waals surface area contributed by atoms with Gasteiger partial charge in [-0.1, -0.05) is 27.4 Å². The summed E-state index contributed by atoms with van der Waals surface area (Å²) >= 11 is 1.54. The highest BCUT2D eigenvalue weighted by Gasteiger charge is 2.47. The molecule has 5 rings (SSSR count). The number of rotatable bonds is 5. The molecule has 1 aliphatic heterocycles. The van der Waals surface area contributed by atoms with Gasteiger partial charge in [0.05, 0.1) is 17.9 Å². The van der Waals surface area contributed by atoms with E-state index in [4.69, 9.17) is 10.7 Å². The van der Waals surface area contributed by atoms with Crippen molar-refractivity contribution in [1.29, 1.82) is 0 Å². The SMILES string of the molecule is C=C(/N=C1\C(=C/N)n2c(C)nnc2[C@@H](CC)N1C1CC(C)(C)C1)c1cn[nH]c1-c1nccs1. The Morgan fingerprint density at radius 3 is 2.82 bits per heavy atom. The van der Waals surface area contributed by atoms with Gasteiger partial charge in [-0.05, 0) is 31.6 Å². The number of aryl methyl sites for hydroxylation is 1. The molecule has 0 saturated heterocycles. The second-order valence-electron chi connectivity index (χ2n) is 9.43. The summed E-state index contributed by atoms with van der Waals surface area (Å²) in [6, 6.07) is 0.408. The molecule has 1 saturated carbocycles. The lowest BCUT2D eigenvalue weighted by molar-refractivity contribution is 0.0402. The Labute approximate surface area is 197 Å². The van der Waals surface area contributed by atoms with Crippen LogP contribution in [0, 0.1) is 12.3 Å². The van der Waals surface area contributed by atoms with Gasteiger partial charge >= 0.3 is 0 Å². The van der Waals surface area contributed by atoms with E-state index in [1.165, 1.54) is 0 Å². The zero-order chi connectivity index (χ0) is 23.3. The largest absolute Gasteiger partial charge is 0.403 e. The third-order valence-electron chi connectivity index (χ3n) is 6.55. The Kier molecular flexibility index (Phi) is 5.19. The summed E-state index contributed by atoms with van der Waals surface area (Å²) in [7, 11) is 0. The standard InChI is InChI=1S/C23H29N9S/c1-6-17-21-30-28-14(3)31(21)18(11-24)20(32(17)15-9-23(4,5)10-15)27-13(2)16-12-26-29-19(16)22-25-7-8-33-22/h7-8,11-12,15,17H,2,6,9-10,24H2,1,3-5H3,(H,26,29)/b18-11+,27-20+/t17-/m1/s1. The number of nitrogens with one attached hydrogen (secondary N) is 1. The fourth-order valence-electron chi connectivity index (χ4n) is 5.08. The molecule has 3 aromatic rings. The number of nitrogens with zero attached hydrogens (tertiary/aromatic N) is 7. The summed E-state index contributed by atoms with van der Waals surface area (Å²) in [5, 5.41) is 19.0. The Morgan fingerprint density at radius 2 is 2.18 bits per heavy atom. The molecule has 172 valence electrons. The lowest BCUT2D eigenvalue weighted by atomic mass is 9.67. The van der Waals surface area contributed by atoms with Gasteiger partial charge in [-0.3, -0.25) is 9.67 Å². The van der Waals surface area contributed by atoms with E-state index in [9.17, 15) is 0 Å². The normalized spacial score (nSPS) is 22.5. The number of amidine groups is 1. The number of fused-ring (bicyclic) bond motifs is 1. The molecule has 0 unspecified atom stereocenters. The maximum absolute atomic E-state index is 6.20. The Balaban J connectivity index is 1.63. The second-order valence-corrected chi connectivity index (χ2v) is 10.3. The fraction of sp³-hybridized carbons (Fsp3) is 0.435. The molecule has 10 heteroatoms. The van der Waals surface area contributed by atoms with Crippen LogP contribution in [0.15, 0.2) is 35.5 Å².